The first-order valence-corrected chi connectivity index (χ1v) is 12.9. The molecule has 1 aromatic carbocycles. The first kappa shape index (κ1) is 23.6. The third-order valence-corrected chi connectivity index (χ3v) is 8.39. The van der Waals surface area contributed by atoms with Gasteiger partial charge in [0, 0.05) is 45.0 Å². The number of halogens is 1. The van der Waals surface area contributed by atoms with E-state index in [9.17, 15) is 22.4 Å². The fraction of sp³-hybridized carbons (Fsp3) is 0.429. The fourth-order valence-corrected chi connectivity index (χ4v) is 5.93. The van der Waals surface area contributed by atoms with Crippen molar-refractivity contribution < 1.29 is 27.1 Å². The molecule has 2 aromatic rings. The molecule has 3 heterocycles. The number of ether oxygens (including phenoxy) is 1. The van der Waals surface area contributed by atoms with Gasteiger partial charge < -0.3 is 19.9 Å². The van der Waals surface area contributed by atoms with Crippen molar-refractivity contribution in [2.45, 2.75) is 4.90 Å². The molecule has 0 radical (unpaired) electrons. The second-order valence-electron chi connectivity index (χ2n) is 7.67. The molecule has 2 aliphatic rings. The molecule has 1 aromatic heterocycles. The second kappa shape index (κ2) is 10.2. The number of hydrogen-bond donors (Lipinski definition) is 1. The summed E-state index contributed by atoms with van der Waals surface area (Å²) in [5, 5.41) is 4.75. The molecule has 0 saturated carbocycles. The molecule has 33 heavy (non-hydrogen) atoms. The van der Waals surface area contributed by atoms with Crippen LogP contribution in [0.2, 0.25) is 0 Å². The van der Waals surface area contributed by atoms with E-state index in [4.69, 9.17) is 4.74 Å². The summed E-state index contributed by atoms with van der Waals surface area (Å²) in [7, 11) is -4.00. The van der Waals surface area contributed by atoms with Gasteiger partial charge >= 0.3 is 0 Å². The van der Waals surface area contributed by atoms with E-state index in [0.29, 0.717) is 36.7 Å². The molecule has 9 nitrogen and oxygen atoms in total. The number of amides is 2. The van der Waals surface area contributed by atoms with E-state index < -0.39 is 20.7 Å². The molecule has 0 aliphatic carbocycles. The topological polar surface area (TPSA) is 99.3 Å². The number of anilines is 1. The SMILES string of the molecule is O=C(CNc1ccc(F)c(S(=O)(=O)N2CCOCC2)c1)N1CCN(C(=O)c2cccs2)CC1. The number of nitrogens with zero attached hydrogens (tertiary/aromatic N) is 3. The van der Waals surface area contributed by atoms with Gasteiger partial charge in [0.25, 0.3) is 5.91 Å². The van der Waals surface area contributed by atoms with Crippen LogP contribution in [-0.4, -0.2) is 93.4 Å². The summed E-state index contributed by atoms with van der Waals surface area (Å²) >= 11 is 1.39. The number of rotatable bonds is 6. The van der Waals surface area contributed by atoms with Crippen LogP contribution < -0.4 is 5.32 Å². The molecule has 0 bridgehead atoms. The first-order valence-electron chi connectivity index (χ1n) is 10.6. The average Bonchev–Trinajstić information content (AvgIpc) is 3.38. The number of hydrogen-bond acceptors (Lipinski definition) is 7. The predicted molar refractivity (Wildman–Crippen MR) is 121 cm³/mol. The molecule has 1 N–H and O–H groups in total. The van der Waals surface area contributed by atoms with E-state index in [1.165, 1.54) is 27.8 Å². The van der Waals surface area contributed by atoms with E-state index >= 15 is 0 Å². The molecule has 2 aliphatic heterocycles. The quantitative estimate of drug-likeness (QED) is 0.648. The molecule has 0 spiro atoms. The van der Waals surface area contributed by atoms with Gasteiger partial charge in [-0.25, -0.2) is 12.8 Å². The molecular formula is C21H25FN4O5S2. The Morgan fingerprint density at radius 3 is 2.39 bits per heavy atom. The highest BCUT2D eigenvalue weighted by Crippen LogP contribution is 2.24. The van der Waals surface area contributed by atoms with Crippen LogP contribution in [-0.2, 0) is 19.6 Å². The van der Waals surface area contributed by atoms with E-state index in [0.717, 1.165) is 6.07 Å². The zero-order valence-electron chi connectivity index (χ0n) is 17.9. The van der Waals surface area contributed by atoms with Crippen LogP contribution >= 0.6 is 11.3 Å². The Morgan fingerprint density at radius 1 is 1.03 bits per heavy atom. The summed E-state index contributed by atoms with van der Waals surface area (Å²) < 4.78 is 46.3. The predicted octanol–water partition coefficient (Wildman–Crippen LogP) is 1.30. The molecule has 2 saturated heterocycles. The van der Waals surface area contributed by atoms with Gasteiger partial charge in [0.2, 0.25) is 15.9 Å². The lowest BCUT2D eigenvalue weighted by Crippen LogP contribution is -2.51. The van der Waals surface area contributed by atoms with Crippen LogP contribution in [0.4, 0.5) is 10.1 Å². The van der Waals surface area contributed by atoms with Crippen LogP contribution in [0.15, 0.2) is 40.6 Å². The van der Waals surface area contributed by atoms with Crippen LogP contribution in [0.25, 0.3) is 0 Å². The van der Waals surface area contributed by atoms with E-state index in [-0.39, 0.29) is 44.7 Å². The monoisotopic (exact) mass is 496 g/mol. The third-order valence-electron chi connectivity index (χ3n) is 5.61. The number of nitrogens with one attached hydrogen (secondary N) is 1. The van der Waals surface area contributed by atoms with Gasteiger partial charge in [-0.1, -0.05) is 6.07 Å². The number of carbonyl (C=O) groups is 2. The van der Waals surface area contributed by atoms with Crippen LogP contribution in [0.3, 0.4) is 0 Å². The van der Waals surface area contributed by atoms with Crippen molar-refractivity contribution in [2.75, 3.05) is 64.3 Å². The zero-order valence-corrected chi connectivity index (χ0v) is 19.5. The normalized spacial score (nSPS) is 17.7. The second-order valence-corrected chi connectivity index (χ2v) is 10.5. The number of carbonyl (C=O) groups excluding carboxylic acids is 2. The number of benzene rings is 1. The van der Waals surface area contributed by atoms with Crippen LogP contribution in [0.5, 0.6) is 0 Å². The lowest BCUT2D eigenvalue weighted by Gasteiger charge is -2.34. The molecule has 2 amide bonds. The van der Waals surface area contributed by atoms with Gasteiger partial charge in [0.05, 0.1) is 24.6 Å². The maximum atomic E-state index is 14.3. The number of piperazine rings is 1. The van der Waals surface area contributed by atoms with Crippen molar-refractivity contribution in [3.63, 3.8) is 0 Å². The van der Waals surface area contributed by atoms with E-state index in [1.807, 2.05) is 11.4 Å². The first-order chi connectivity index (χ1) is 15.9. The van der Waals surface area contributed by atoms with Crippen LogP contribution in [0, 0.1) is 5.82 Å². The minimum atomic E-state index is -4.00. The van der Waals surface area contributed by atoms with Crippen molar-refractivity contribution in [1.82, 2.24) is 14.1 Å². The summed E-state index contributed by atoms with van der Waals surface area (Å²) in [5.41, 5.74) is 0.336. The average molecular weight is 497 g/mol. The molecule has 0 unspecified atom stereocenters. The van der Waals surface area contributed by atoms with Gasteiger partial charge in [0.1, 0.15) is 10.7 Å². The van der Waals surface area contributed by atoms with E-state index in [1.54, 1.807) is 15.9 Å². The number of sulfonamides is 1. The maximum absolute atomic E-state index is 14.3. The molecule has 4 rings (SSSR count). The molecule has 178 valence electrons. The van der Waals surface area contributed by atoms with Gasteiger partial charge in [0.15, 0.2) is 0 Å². The lowest BCUT2D eigenvalue weighted by atomic mass is 10.2. The highest BCUT2D eigenvalue weighted by atomic mass is 32.2. The zero-order chi connectivity index (χ0) is 23.4. The Labute approximate surface area is 195 Å². The molecule has 12 heteroatoms. The minimum Gasteiger partial charge on any atom is -0.379 e. The van der Waals surface area contributed by atoms with Gasteiger partial charge in [-0.2, -0.15) is 4.31 Å². The molecule has 2 fully saturated rings. The van der Waals surface area contributed by atoms with Crippen molar-refractivity contribution in [2.24, 2.45) is 0 Å². The Balaban J connectivity index is 1.33. The molecular weight excluding hydrogens is 471 g/mol. The van der Waals surface area contributed by atoms with Crippen molar-refractivity contribution in [1.29, 1.82) is 0 Å². The van der Waals surface area contributed by atoms with Crippen molar-refractivity contribution >= 4 is 38.9 Å². The van der Waals surface area contributed by atoms with Gasteiger partial charge in [-0.3, -0.25) is 9.59 Å². The summed E-state index contributed by atoms with van der Waals surface area (Å²) in [6.45, 7) is 2.51. The summed E-state index contributed by atoms with van der Waals surface area (Å²) in [4.78, 5) is 28.7. The third kappa shape index (κ3) is 5.35. The standard InChI is InChI=1S/C21H25FN4O5S2/c22-17-4-3-16(14-19(17)33(29,30)26-9-11-31-12-10-26)23-15-20(27)24-5-7-25(8-6-24)21(28)18-2-1-13-32-18/h1-4,13-14,23H,5-12,15H2. The highest BCUT2D eigenvalue weighted by Gasteiger charge is 2.29. The summed E-state index contributed by atoms with van der Waals surface area (Å²) in [6, 6.07) is 7.31. The minimum absolute atomic E-state index is 0.0319. The van der Waals surface area contributed by atoms with Crippen molar-refractivity contribution in [3.8, 4) is 0 Å². The summed E-state index contributed by atoms with van der Waals surface area (Å²) in [5.74, 6) is -1.06. The fourth-order valence-electron chi connectivity index (χ4n) is 3.74. The molecule has 0 atom stereocenters. The highest BCUT2D eigenvalue weighted by molar-refractivity contribution is 7.89. The Kier molecular flexibility index (Phi) is 7.27. The van der Waals surface area contributed by atoms with Gasteiger partial charge in [-0.15, -0.1) is 11.3 Å². The maximum Gasteiger partial charge on any atom is 0.264 e. The smallest absolute Gasteiger partial charge is 0.264 e. The van der Waals surface area contributed by atoms with Crippen LogP contribution in [0.1, 0.15) is 9.67 Å². The van der Waals surface area contributed by atoms with Crippen molar-refractivity contribution in [3.05, 3.63) is 46.4 Å². The number of morpholine rings is 1. The van der Waals surface area contributed by atoms with Gasteiger partial charge in [-0.05, 0) is 29.6 Å². The Morgan fingerprint density at radius 2 is 1.73 bits per heavy atom. The Hall–Kier alpha value is -2.54. The summed E-state index contributed by atoms with van der Waals surface area (Å²) in [6.07, 6.45) is 0. The largest absolute Gasteiger partial charge is 0.379 e. The Bertz CT molecular complexity index is 1100. The number of thiophene rings is 1. The van der Waals surface area contributed by atoms with E-state index in [2.05, 4.69) is 5.32 Å². The lowest BCUT2D eigenvalue weighted by molar-refractivity contribution is -0.130.